The predicted octanol–water partition coefficient (Wildman–Crippen LogP) is 3.85. The molecule has 0 aliphatic carbocycles. The number of benzene rings is 2. The zero-order valence-electron chi connectivity index (χ0n) is 11.9. The van der Waals surface area contributed by atoms with Crippen LogP contribution in [0.15, 0.2) is 40.9 Å². The summed E-state index contributed by atoms with van der Waals surface area (Å²) in [6.07, 6.45) is 0.944. The molecule has 2 aromatic carbocycles. The van der Waals surface area contributed by atoms with Crippen LogP contribution in [0.3, 0.4) is 0 Å². The molecule has 0 unspecified atom stereocenters. The van der Waals surface area contributed by atoms with Gasteiger partial charge in [0.1, 0.15) is 5.75 Å². The SMILES string of the molecule is CCc1ccc(C(=O)Nc2c(Br)cc(N)cc2OC)cc1. The number of nitrogens with two attached hydrogens (primary N) is 1. The molecule has 21 heavy (non-hydrogen) atoms. The number of anilines is 2. The fourth-order valence-corrected chi connectivity index (χ4v) is 2.52. The molecule has 0 fully saturated rings. The molecule has 0 bridgehead atoms. The summed E-state index contributed by atoms with van der Waals surface area (Å²) in [4.78, 5) is 12.3. The van der Waals surface area contributed by atoms with Crippen LogP contribution in [0.2, 0.25) is 0 Å². The largest absolute Gasteiger partial charge is 0.494 e. The quantitative estimate of drug-likeness (QED) is 0.824. The third-order valence-electron chi connectivity index (χ3n) is 3.16. The molecular weight excluding hydrogens is 332 g/mol. The first kappa shape index (κ1) is 15.4. The number of hydrogen-bond donors (Lipinski definition) is 2. The topological polar surface area (TPSA) is 64.4 Å². The molecule has 3 N–H and O–H groups in total. The van der Waals surface area contributed by atoms with Crippen LogP contribution in [-0.2, 0) is 6.42 Å². The van der Waals surface area contributed by atoms with Crippen molar-refractivity contribution in [2.24, 2.45) is 0 Å². The minimum atomic E-state index is -0.193. The molecule has 2 aromatic rings. The van der Waals surface area contributed by atoms with E-state index in [0.29, 0.717) is 27.2 Å². The fraction of sp³-hybridized carbons (Fsp3) is 0.188. The van der Waals surface area contributed by atoms with Crippen molar-refractivity contribution in [2.75, 3.05) is 18.2 Å². The molecule has 0 aromatic heterocycles. The highest BCUT2D eigenvalue weighted by atomic mass is 79.9. The zero-order chi connectivity index (χ0) is 15.4. The molecule has 2 rings (SSSR count). The Kier molecular flexibility index (Phi) is 4.85. The van der Waals surface area contributed by atoms with E-state index in [4.69, 9.17) is 10.5 Å². The maximum absolute atomic E-state index is 12.3. The van der Waals surface area contributed by atoms with E-state index < -0.39 is 0 Å². The normalized spacial score (nSPS) is 10.2. The Balaban J connectivity index is 2.26. The van der Waals surface area contributed by atoms with Gasteiger partial charge in [-0.2, -0.15) is 0 Å². The summed E-state index contributed by atoms with van der Waals surface area (Å²) in [5.74, 6) is 0.321. The van der Waals surface area contributed by atoms with Gasteiger partial charge in [-0.1, -0.05) is 19.1 Å². The monoisotopic (exact) mass is 348 g/mol. The minimum Gasteiger partial charge on any atom is -0.494 e. The van der Waals surface area contributed by atoms with E-state index in [2.05, 4.69) is 28.2 Å². The first-order chi connectivity index (χ1) is 10.0. The maximum Gasteiger partial charge on any atom is 0.255 e. The highest BCUT2D eigenvalue weighted by Crippen LogP contribution is 2.35. The van der Waals surface area contributed by atoms with Gasteiger partial charge in [-0.05, 0) is 46.1 Å². The fourth-order valence-electron chi connectivity index (χ4n) is 1.96. The first-order valence-corrected chi connectivity index (χ1v) is 7.37. The van der Waals surface area contributed by atoms with Gasteiger partial charge in [-0.25, -0.2) is 0 Å². The Morgan fingerprint density at radius 1 is 1.29 bits per heavy atom. The number of aryl methyl sites for hydroxylation is 1. The summed E-state index contributed by atoms with van der Waals surface area (Å²) in [6.45, 7) is 2.07. The third kappa shape index (κ3) is 3.55. The molecule has 0 saturated heterocycles. The van der Waals surface area contributed by atoms with Gasteiger partial charge in [0, 0.05) is 21.8 Å². The highest BCUT2D eigenvalue weighted by Gasteiger charge is 2.13. The molecule has 110 valence electrons. The number of methoxy groups -OCH3 is 1. The van der Waals surface area contributed by atoms with Crippen LogP contribution in [0.25, 0.3) is 0 Å². The summed E-state index contributed by atoms with van der Waals surface area (Å²) in [5.41, 5.74) is 8.67. The summed E-state index contributed by atoms with van der Waals surface area (Å²) < 4.78 is 5.93. The van der Waals surface area contributed by atoms with Crippen LogP contribution in [0.5, 0.6) is 5.75 Å². The predicted molar refractivity (Wildman–Crippen MR) is 88.9 cm³/mol. The number of nitrogen functional groups attached to an aromatic ring is 1. The molecule has 0 radical (unpaired) electrons. The van der Waals surface area contributed by atoms with Gasteiger partial charge < -0.3 is 15.8 Å². The molecule has 0 heterocycles. The van der Waals surface area contributed by atoms with Crippen LogP contribution in [0.4, 0.5) is 11.4 Å². The number of carbonyl (C=O) groups excluding carboxylic acids is 1. The smallest absolute Gasteiger partial charge is 0.255 e. The van der Waals surface area contributed by atoms with Gasteiger partial charge in [-0.15, -0.1) is 0 Å². The summed E-state index contributed by atoms with van der Waals surface area (Å²) in [6, 6.07) is 10.9. The van der Waals surface area contributed by atoms with Crippen LogP contribution in [0, 0.1) is 0 Å². The van der Waals surface area contributed by atoms with Gasteiger partial charge in [-0.3, -0.25) is 4.79 Å². The summed E-state index contributed by atoms with van der Waals surface area (Å²) >= 11 is 3.39. The van der Waals surface area contributed by atoms with Gasteiger partial charge >= 0.3 is 0 Å². The number of hydrogen-bond acceptors (Lipinski definition) is 3. The lowest BCUT2D eigenvalue weighted by atomic mass is 10.1. The molecule has 5 heteroatoms. The van der Waals surface area contributed by atoms with E-state index in [1.54, 1.807) is 12.1 Å². The van der Waals surface area contributed by atoms with Crippen molar-refractivity contribution in [2.45, 2.75) is 13.3 Å². The number of amides is 1. The third-order valence-corrected chi connectivity index (χ3v) is 3.78. The lowest BCUT2D eigenvalue weighted by Gasteiger charge is -2.13. The van der Waals surface area contributed by atoms with Crippen molar-refractivity contribution in [3.63, 3.8) is 0 Å². The molecule has 0 saturated carbocycles. The lowest BCUT2D eigenvalue weighted by Crippen LogP contribution is -2.13. The first-order valence-electron chi connectivity index (χ1n) is 6.58. The van der Waals surface area contributed by atoms with E-state index in [0.717, 1.165) is 6.42 Å². The van der Waals surface area contributed by atoms with E-state index in [9.17, 15) is 4.79 Å². The Morgan fingerprint density at radius 3 is 2.52 bits per heavy atom. The molecular formula is C16H17BrN2O2. The van der Waals surface area contributed by atoms with Crippen LogP contribution in [0.1, 0.15) is 22.8 Å². The molecule has 0 spiro atoms. The van der Waals surface area contributed by atoms with E-state index in [-0.39, 0.29) is 5.91 Å². The van der Waals surface area contributed by atoms with Crippen LogP contribution < -0.4 is 15.8 Å². The van der Waals surface area contributed by atoms with Crippen molar-refractivity contribution in [1.29, 1.82) is 0 Å². The molecule has 0 atom stereocenters. The van der Waals surface area contributed by atoms with E-state index >= 15 is 0 Å². The second-order valence-corrected chi connectivity index (χ2v) is 5.44. The van der Waals surface area contributed by atoms with Crippen molar-refractivity contribution >= 4 is 33.2 Å². The standard InChI is InChI=1S/C16H17BrN2O2/c1-3-10-4-6-11(7-5-10)16(20)19-15-13(17)8-12(18)9-14(15)21-2/h4-9H,3,18H2,1-2H3,(H,19,20). The van der Waals surface area contributed by atoms with Crippen molar-refractivity contribution in [3.8, 4) is 5.75 Å². The summed E-state index contributed by atoms with van der Waals surface area (Å²) in [5, 5.41) is 2.84. The minimum absolute atomic E-state index is 0.193. The summed E-state index contributed by atoms with van der Waals surface area (Å²) in [7, 11) is 1.53. The Morgan fingerprint density at radius 2 is 1.95 bits per heavy atom. The van der Waals surface area contributed by atoms with E-state index in [1.807, 2.05) is 24.3 Å². The zero-order valence-corrected chi connectivity index (χ0v) is 13.5. The number of ether oxygens (including phenoxy) is 1. The second-order valence-electron chi connectivity index (χ2n) is 4.58. The second kappa shape index (κ2) is 6.63. The van der Waals surface area contributed by atoms with Gasteiger partial charge in [0.25, 0.3) is 5.91 Å². The Hall–Kier alpha value is -2.01. The molecule has 0 aliphatic heterocycles. The van der Waals surface area contributed by atoms with E-state index in [1.165, 1.54) is 12.7 Å². The highest BCUT2D eigenvalue weighted by molar-refractivity contribution is 9.10. The maximum atomic E-state index is 12.3. The average Bonchev–Trinajstić information content (AvgIpc) is 2.49. The Labute approximate surface area is 132 Å². The van der Waals surface area contributed by atoms with Crippen LogP contribution in [-0.4, -0.2) is 13.0 Å². The number of halogens is 1. The average molecular weight is 349 g/mol. The van der Waals surface area contributed by atoms with Gasteiger partial charge in [0.2, 0.25) is 0 Å². The molecule has 1 amide bonds. The Bertz CT molecular complexity index is 654. The molecule has 4 nitrogen and oxygen atoms in total. The number of nitrogens with one attached hydrogen (secondary N) is 1. The van der Waals surface area contributed by atoms with Gasteiger partial charge in [0.05, 0.1) is 12.8 Å². The van der Waals surface area contributed by atoms with Crippen molar-refractivity contribution in [3.05, 3.63) is 52.0 Å². The number of rotatable bonds is 4. The molecule has 0 aliphatic rings. The lowest BCUT2D eigenvalue weighted by molar-refractivity contribution is 0.102. The van der Waals surface area contributed by atoms with Crippen LogP contribution >= 0.6 is 15.9 Å². The van der Waals surface area contributed by atoms with Crippen molar-refractivity contribution < 1.29 is 9.53 Å². The van der Waals surface area contributed by atoms with Crippen molar-refractivity contribution in [1.82, 2.24) is 0 Å². The van der Waals surface area contributed by atoms with Gasteiger partial charge in [0.15, 0.2) is 0 Å². The number of carbonyl (C=O) groups is 1.